The first-order valence-corrected chi connectivity index (χ1v) is 15.1. The van der Waals surface area contributed by atoms with Crippen LogP contribution in [-0.4, -0.2) is 67.2 Å². The van der Waals surface area contributed by atoms with E-state index in [0.29, 0.717) is 34.0 Å². The number of hydrogen-bond acceptors (Lipinski definition) is 12. The summed E-state index contributed by atoms with van der Waals surface area (Å²) >= 11 is 6.27. The molecule has 16 heteroatoms. The molecule has 3 aromatic heterocycles. The molecule has 0 bridgehead atoms. The van der Waals surface area contributed by atoms with Gasteiger partial charge in [-0.3, -0.25) is 9.36 Å². The number of fused-ring (bicyclic) bond motifs is 1. The Hall–Kier alpha value is -3.84. The molecule has 4 rings (SSSR count). The lowest BCUT2D eigenvalue weighted by Gasteiger charge is -2.25. The highest BCUT2D eigenvalue weighted by atomic mass is 35.5. The van der Waals surface area contributed by atoms with Gasteiger partial charge in [0, 0.05) is 5.56 Å². The number of nitrogen functional groups attached to an aromatic ring is 1. The molecule has 3 N–H and O–H groups in total. The first-order chi connectivity index (χ1) is 20.0. The van der Waals surface area contributed by atoms with E-state index < -0.39 is 25.6 Å². The monoisotopic (exact) mass is 618 g/mol. The second-order valence-electron chi connectivity index (χ2n) is 9.61. The van der Waals surface area contributed by atoms with Crippen LogP contribution in [0.25, 0.3) is 22.4 Å². The average Bonchev–Trinajstić information content (AvgIpc) is 3.36. The summed E-state index contributed by atoms with van der Waals surface area (Å²) in [6.45, 7) is 7.12. The SMILES string of the molecule is COc1ncc(Cl)c(-c2ccc(OP(=O)(CO[C@H](C)Cn3cnc4c(N)ncnc43)N[C@@H](C)C(=O)OC(C)C)cc2)n1. The summed E-state index contributed by atoms with van der Waals surface area (Å²) in [7, 11) is -2.36. The van der Waals surface area contributed by atoms with Gasteiger partial charge in [0.2, 0.25) is 0 Å². The second-order valence-corrected chi connectivity index (χ2v) is 12.1. The van der Waals surface area contributed by atoms with E-state index in [9.17, 15) is 9.36 Å². The number of nitrogens with zero attached hydrogens (tertiary/aromatic N) is 6. The summed E-state index contributed by atoms with van der Waals surface area (Å²) < 4.78 is 38.0. The van der Waals surface area contributed by atoms with Crippen LogP contribution in [-0.2, 0) is 25.4 Å². The maximum absolute atomic E-state index is 14.1. The third-order valence-electron chi connectivity index (χ3n) is 5.79. The summed E-state index contributed by atoms with van der Waals surface area (Å²) in [5.74, 6) is -0.0456. The topological polar surface area (TPSA) is 178 Å². The van der Waals surface area contributed by atoms with E-state index in [1.807, 2.05) is 0 Å². The highest BCUT2D eigenvalue weighted by Crippen LogP contribution is 2.44. The van der Waals surface area contributed by atoms with Gasteiger partial charge in [0.15, 0.2) is 11.5 Å². The number of imidazole rings is 1. The summed E-state index contributed by atoms with van der Waals surface area (Å²) in [6.07, 6.45) is 3.22. The number of anilines is 1. The number of rotatable bonds is 13. The molecule has 1 unspecified atom stereocenters. The number of halogens is 1. The van der Waals surface area contributed by atoms with Crippen molar-refractivity contribution in [2.45, 2.75) is 52.5 Å². The van der Waals surface area contributed by atoms with Crippen LogP contribution >= 0.6 is 19.1 Å². The van der Waals surface area contributed by atoms with Crippen molar-refractivity contribution >= 4 is 42.1 Å². The number of carbonyl (C=O) groups is 1. The van der Waals surface area contributed by atoms with E-state index in [1.54, 1.807) is 62.9 Å². The molecule has 3 heterocycles. The quantitative estimate of drug-likeness (QED) is 0.162. The standard InChI is InChI=1S/C26H32ClN8O6P/c1-15(2)40-25(36)17(4)34-42(37,14-39-16(3)11-35-13-32-22-23(28)30-12-31-24(22)35)41-19-8-6-18(7-9-19)21-20(27)10-29-26(33-21)38-5/h6-10,12-13,15-17H,11,14H2,1-5H3,(H,34,37)(H2,28,30,31)/t16-,17+,42?/m1/s1. The molecular formula is C26H32ClN8O6P. The Morgan fingerprint density at radius 1 is 1.12 bits per heavy atom. The van der Waals surface area contributed by atoms with E-state index in [-0.39, 0.29) is 30.0 Å². The molecule has 0 aliphatic heterocycles. The molecule has 3 atom stereocenters. The fourth-order valence-corrected chi connectivity index (χ4v) is 5.84. The van der Waals surface area contributed by atoms with Crippen LogP contribution in [0.5, 0.6) is 11.8 Å². The zero-order chi connectivity index (χ0) is 30.4. The Bertz CT molecular complexity index is 1590. The molecule has 14 nitrogen and oxygen atoms in total. The molecule has 0 radical (unpaired) electrons. The molecule has 42 heavy (non-hydrogen) atoms. The number of aromatic nitrogens is 6. The van der Waals surface area contributed by atoms with E-state index in [2.05, 4.69) is 30.0 Å². The Kier molecular flexibility index (Phi) is 9.94. The van der Waals surface area contributed by atoms with Crippen LogP contribution < -0.4 is 20.1 Å². The van der Waals surface area contributed by atoms with Crippen molar-refractivity contribution in [2.75, 3.05) is 19.2 Å². The number of nitrogens with one attached hydrogen (secondary N) is 1. The van der Waals surface area contributed by atoms with Crippen molar-refractivity contribution in [1.29, 1.82) is 0 Å². The average molecular weight is 619 g/mol. The third kappa shape index (κ3) is 7.71. The Labute approximate surface area is 247 Å². The maximum atomic E-state index is 14.1. The predicted molar refractivity (Wildman–Crippen MR) is 156 cm³/mol. The molecular weight excluding hydrogens is 587 g/mol. The maximum Gasteiger partial charge on any atom is 0.342 e. The molecule has 0 saturated heterocycles. The van der Waals surface area contributed by atoms with Gasteiger partial charge in [0.1, 0.15) is 30.0 Å². The van der Waals surface area contributed by atoms with E-state index in [1.165, 1.54) is 19.6 Å². The van der Waals surface area contributed by atoms with E-state index >= 15 is 0 Å². The number of hydrogen-bond donors (Lipinski definition) is 2. The molecule has 0 fully saturated rings. The van der Waals surface area contributed by atoms with Crippen LogP contribution in [0, 0.1) is 0 Å². The van der Waals surface area contributed by atoms with Crippen molar-refractivity contribution in [3.63, 3.8) is 0 Å². The minimum Gasteiger partial charge on any atom is -0.467 e. The van der Waals surface area contributed by atoms with Gasteiger partial charge in [-0.1, -0.05) is 11.6 Å². The Morgan fingerprint density at radius 2 is 1.86 bits per heavy atom. The number of esters is 1. The molecule has 0 amide bonds. The number of ether oxygens (including phenoxy) is 3. The zero-order valence-corrected chi connectivity index (χ0v) is 25.4. The fourth-order valence-electron chi connectivity index (χ4n) is 3.86. The minimum atomic E-state index is -3.82. The summed E-state index contributed by atoms with van der Waals surface area (Å²) in [5.41, 5.74) is 8.01. The summed E-state index contributed by atoms with van der Waals surface area (Å²) in [4.78, 5) is 33.2. The molecule has 0 saturated carbocycles. The van der Waals surface area contributed by atoms with Crippen LogP contribution in [0.1, 0.15) is 27.7 Å². The van der Waals surface area contributed by atoms with Crippen molar-refractivity contribution < 1.29 is 28.1 Å². The number of nitrogens with two attached hydrogens (primary N) is 1. The highest BCUT2D eigenvalue weighted by molar-refractivity contribution is 7.57. The number of methoxy groups -OCH3 is 1. The third-order valence-corrected chi connectivity index (χ3v) is 7.85. The first-order valence-electron chi connectivity index (χ1n) is 12.9. The minimum absolute atomic E-state index is 0.163. The largest absolute Gasteiger partial charge is 0.467 e. The molecule has 0 aliphatic carbocycles. The number of carbonyl (C=O) groups excluding carboxylic acids is 1. The zero-order valence-electron chi connectivity index (χ0n) is 23.7. The van der Waals surface area contributed by atoms with E-state index in [4.69, 9.17) is 36.1 Å². The van der Waals surface area contributed by atoms with Gasteiger partial charge in [-0.25, -0.2) is 25.0 Å². The number of benzene rings is 1. The second kappa shape index (κ2) is 13.4. The van der Waals surface area contributed by atoms with Crippen LogP contribution in [0.3, 0.4) is 0 Å². The Balaban J connectivity index is 1.51. The molecule has 224 valence electrons. The normalized spacial score (nSPS) is 14.4. The van der Waals surface area contributed by atoms with Gasteiger partial charge in [0.05, 0.1) is 49.1 Å². The Morgan fingerprint density at radius 3 is 2.55 bits per heavy atom. The predicted octanol–water partition coefficient (Wildman–Crippen LogP) is 4.09. The lowest BCUT2D eigenvalue weighted by molar-refractivity contribution is -0.149. The smallest absolute Gasteiger partial charge is 0.342 e. The summed E-state index contributed by atoms with van der Waals surface area (Å²) in [5, 5.41) is 3.12. The van der Waals surface area contributed by atoms with Crippen molar-refractivity contribution in [3.05, 3.63) is 48.1 Å². The van der Waals surface area contributed by atoms with Crippen molar-refractivity contribution in [3.8, 4) is 23.0 Å². The van der Waals surface area contributed by atoms with Gasteiger partial charge in [0.25, 0.3) is 0 Å². The van der Waals surface area contributed by atoms with Crippen LogP contribution in [0.4, 0.5) is 5.82 Å². The summed E-state index contributed by atoms with van der Waals surface area (Å²) in [6, 6.07) is 5.83. The van der Waals surface area contributed by atoms with Crippen LogP contribution in [0.2, 0.25) is 5.02 Å². The van der Waals surface area contributed by atoms with Gasteiger partial charge < -0.3 is 29.0 Å². The molecule has 4 aromatic rings. The molecule has 0 aliphatic rings. The lowest BCUT2D eigenvalue weighted by atomic mass is 10.1. The fraction of sp³-hybridized carbons (Fsp3) is 0.385. The van der Waals surface area contributed by atoms with Gasteiger partial charge in [-0.15, -0.1) is 0 Å². The van der Waals surface area contributed by atoms with Gasteiger partial charge >= 0.3 is 19.5 Å². The highest BCUT2D eigenvalue weighted by Gasteiger charge is 2.32. The van der Waals surface area contributed by atoms with E-state index in [0.717, 1.165) is 0 Å². The molecule has 1 aromatic carbocycles. The lowest BCUT2D eigenvalue weighted by Crippen LogP contribution is -2.37. The van der Waals surface area contributed by atoms with Crippen molar-refractivity contribution in [1.82, 2.24) is 34.6 Å². The first kappa shape index (κ1) is 31.1. The van der Waals surface area contributed by atoms with Crippen molar-refractivity contribution in [2.24, 2.45) is 0 Å². The van der Waals surface area contributed by atoms with Crippen LogP contribution in [0.15, 0.2) is 43.1 Å². The molecule has 0 spiro atoms. The van der Waals surface area contributed by atoms with Gasteiger partial charge in [-0.05, 0) is 52.0 Å². The van der Waals surface area contributed by atoms with Gasteiger partial charge in [-0.2, -0.15) is 4.98 Å².